The Morgan fingerprint density at radius 1 is 1.20 bits per heavy atom. The molecule has 1 heterocycles. The molecule has 134 valence electrons. The lowest BCUT2D eigenvalue weighted by Crippen LogP contribution is -2.43. The van der Waals surface area contributed by atoms with Gasteiger partial charge in [0, 0.05) is 12.7 Å². The second-order valence-corrected chi connectivity index (χ2v) is 6.46. The molecule has 0 saturated heterocycles. The van der Waals surface area contributed by atoms with Crippen LogP contribution in [0.4, 0.5) is 0 Å². The first-order valence-electron chi connectivity index (χ1n) is 8.64. The van der Waals surface area contributed by atoms with Gasteiger partial charge in [-0.05, 0) is 37.5 Å². The zero-order valence-corrected chi connectivity index (χ0v) is 15.1. The van der Waals surface area contributed by atoms with Crippen molar-refractivity contribution in [1.82, 2.24) is 9.88 Å². The molecule has 0 aliphatic heterocycles. The Hall–Kier alpha value is -2.40. The number of hydrogen-bond acceptors (Lipinski definition) is 3. The molecule has 0 spiro atoms. The van der Waals surface area contributed by atoms with Crippen LogP contribution in [0.15, 0.2) is 47.4 Å². The minimum Gasteiger partial charge on any atom is -0.388 e. The molecule has 1 amide bonds. The Morgan fingerprint density at radius 3 is 2.56 bits per heavy atom. The van der Waals surface area contributed by atoms with Crippen molar-refractivity contribution in [3.05, 3.63) is 69.6 Å². The smallest absolute Gasteiger partial charge is 0.263 e. The number of amides is 1. The van der Waals surface area contributed by atoms with Gasteiger partial charge >= 0.3 is 0 Å². The van der Waals surface area contributed by atoms with Crippen LogP contribution in [0.3, 0.4) is 0 Å². The van der Waals surface area contributed by atoms with Crippen LogP contribution in [-0.4, -0.2) is 27.7 Å². The maximum atomic E-state index is 12.6. The Balaban J connectivity index is 2.17. The van der Waals surface area contributed by atoms with Crippen LogP contribution in [0.2, 0.25) is 0 Å². The van der Waals surface area contributed by atoms with Gasteiger partial charge in [-0.2, -0.15) is 0 Å². The molecule has 0 aliphatic rings. The summed E-state index contributed by atoms with van der Waals surface area (Å²) in [4.78, 5) is 25.0. The number of nitrogens with zero attached hydrogens (tertiary/aromatic N) is 1. The highest BCUT2D eigenvalue weighted by atomic mass is 16.3. The van der Waals surface area contributed by atoms with Crippen molar-refractivity contribution in [3.63, 3.8) is 0 Å². The summed E-state index contributed by atoms with van der Waals surface area (Å²) in [7, 11) is 0. The van der Waals surface area contributed by atoms with E-state index >= 15 is 0 Å². The number of benzene rings is 1. The highest BCUT2D eigenvalue weighted by molar-refractivity contribution is 5.93. The fraction of sp³-hybridized carbons (Fsp3) is 0.400. The van der Waals surface area contributed by atoms with Gasteiger partial charge in [0.05, 0.1) is 12.1 Å². The number of rotatable bonds is 7. The molecule has 0 fully saturated rings. The van der Waals surface area contributed by atoms with Gasteiger partial charge in [-0.3, -0.25) is 9.59 Å². The van der Waals surface area contributed by atoms with Crippen LogP contribution < -0.4 is 10.9 Å². The van der Waals surface area contributed by atoms with E-state index in [4.69, 9.17) is 0 Å². The highest BCUT2D eigenvalue weighted by Gasteiger charge is 2.23. The minimum absolute atomic E-state index is 0.0877. The number of aromatic nitrogens is 1. The lowest BCUT2D eigenvalue weighted by molar-refractivity contribution is 0.0313. The van der Waals surface area contributed by atoms with E-state index in [1.54, 1.807) is 12.3 Å². The second-order valence-electron chi connectivity index (χ2n) is 6.46. The second kappa shape index (κ2) is 8.12. The molecule has 25 heavy (non-hydrogen) atoms. The predicted molar refractivity (Wildman–Crippen MR) is 98.8 cm³/mol. The molecular formula is C20H26N2O3. The Bertz CT molecular complexity index is 792. The van der Waals surface area contributed by atoms with E-state index in [0.29, 0.717) is 19.4 Å². The third kappa shape index (κ3) is 4.79. The Kier molecular flexibility index (Phi) is 6.15. The zero-order valence-electron chi connectivity index (χ0n) is 15.1. The molecule has 2 aromatic rings. The maximum absolute atomic E-state index is 12.6. The molecule has 0 aliphatic carbocycles. The van der Waals surface area contributed by atoms with Crippen molar-refractivity contribution in [3.8, 4) is 0 Å². The number of nitrogens with one attached hydrogen (secondary N) is 1. The number of hydrogen-bond donors (Lipinski definition) is 2. The lowest BCUT2D eigenvalue weighted by atomic mass is 9.97. The standard InChI is InChI=1S/C20H26N2O3/c1-4-20(25,5-2)14-21-18(23)17-10-7-11-22(19(17)24)13-16-9-6-8-15(3)12-16/h6-12,25H,4-5,13-14H2,1-3H3,(H,21,23). The van der Waals surface area contributed by atoms with Gasteiger partial charge in [0.25, 0.3) is 11.5 Å². The molecular weight excluding hydrogens is 316 g/mol. The summed E-state index contributed by atoms with van der Waals surface area (Å²) in [5.74, 6) is -0.455. The summed E-state index contributed by atoms with van der Waals surface area (Å²) in [6, 6.07) is 11.1. The van der Waals surface area contributed by atoms with Gasteiger partial charge in [-0.1, -0.05) is 43.7 Å². The van der Waals surface area contributed by atoms with E-state index in [-0.39, 0.29) is 17.7 Å². The number of carbonyl (C=O) groups excluding carboxylic acids is 1. The molecule has 0 bridgehead atoms. The average Bonchev–Trinajstić information content (AvgIpc) is 2.61. The summed E-state index contributed by atoms with van der Waals surface area (Å²) in [6.45, 7) is 6.28. The highest BCUT2D eigenvalue weighted by Crippen LogP contribution is 2.13. The average molecular weight is 342 g/mol. The summed E-state index contributed by atoms with van der Waals surface area (Å²) in [5.41, 5.74) is 0.942. The van der Waals surface area contributed by atoms with Crippen LogP contribution in [0.25, 0.3) is 0 Å². The van der Waals surface area contributed by atoms with Crippen LogP contribution >= 0.6 is 0 Å². The fourth-order valence-corrected chi connectivity index (χ4v) is 2.68. The molecule has 2 N–H and O–H groups in total. The Labute approximate surface area is 148 Å². The molecule has 1 aromatic heterocycles. The number of aryl methyl sites for hydroxylation is 1. The number of pyridine rings is 1. The normalized spacial score (nSPS) is 11.4. The van der Waals surface area contributed by atoms with Crippen molar-refractivity contribution in [1.29, 1.82) is 0 Å². The first-order valence-corrected chi connectivity index (χ1v) is 8.64. The van der Waals surface area contributed by atoms with E-state index < -0.39 is 11.5 Å². The van der Waals surface area contributed by atoms with Crippen LogP contribution in [-0.2, 0) is 6.54 Å². The monoisotopic (exact) mass is 342 g/mol. The molecule has 0 unspecified atom stereocenters. The summed E-state index contributed by atoms with van der Waals surface area (Å²) in [5, 5.41) is 13.0. The van der Waals surface area contributed by atoms with E-state index in [1.165, 1.54) is 10.6 Å². The van der Waals surface area contributed by atoms with E-state index in [9.17, 15) is 14.7 Å². The molecule has 5 nitrogen and oxygen atoms in total. The van der Waals surface area contributed by atoms with Crippen LogP contribution in [0, 0.1) is 6.92 Å². The van der Waals surface area contributed by atoms with Crippen molar-refractivity contribution in [2.75, 3.05) is 6.54 Å². The first kappa shape index (κ1) is 18.9. The lowest BCUT2D eigenvalue weighted by Gasteiger charge is -2.25. The van der Waals surface area contributed by atoms with Gasteiger partial charge in [0.2, 0.25) is 0 Å². The molecule has 0 atom stereocenters. The molecule has 5 heteroatoms. The third-order valence-corrected chi connectivity index (χ3v) is 4.59. The largest absolute Gasteiger partial charge is 0.388 e. The molecule has 0 radical (unpaired) electrons. The van der Waals surface area contributed by atoms with Crippen LogP contribution in [0.5, 0.6) is 0 Å². The minimum atomic E-state index is -0.939. The number of carbonyl (C=O) groups is 1. The number of aliphatic hydroxyl groups is 1. The van der Waals surface area contributed by atoms with Gasteiger partial charge in [-0.25, -0.2) is 0 Å². The summed E-state index contributed by atoms with van der Waals surface area (Å²) >= 11 is 0. The van der Waals surface area contributed by atoms with Gasteiger partial charge in [0.1, 0.15) is 5.56 Å². The fourth-order valence-electron chi connectivity index (χ4n) is 2.68. The van der Waals surface area contributed by atoms with E-state index in [2.05, 4.69) is 5.32 Å². The maximum Gasteiger partial charge on any atom is 0.263 e. The zero-order chi connectivity index (χ0) is 18.4. The van der Waals surface area contributed by atoms with Crippen molar-refractivity contribution >= 4 is 5.91 Å². The van der Waals surface area contributed by atoms with Crippen molar-refractivity contribution in [2.24, 2.45) is 0 Å². The summed E-state index contributed by atoms with van der Waals surface area (Å²) in [6.07, 6.45) is 2.75. The predicted octanol–water partition coefficient (Wildman–Crippen LogP) is 2.49. The molecule has 0 saturated carbocycles. The molecule has 2 rings (SSSR count). The van der Waals surface area contributed by atoms with Gasteiger partial charge < -0.3 is 15.0 Å². The van der Waals surface area contributed by atoms with E-state index in [1.807, 2.05) is 45.0 Å². The van der Waals surface area contributed by atoms with Gasteiger partial charge in [-0.15, -0.1) is 0 Å². The third-order valence-electron chi connectivity index (χ3n) is 4.59. The molecule has 1 aromatic carbocycles. The SMILES string of the molecule is CCC(O)(CC)CNC(=O)c1cccn(Cc2cccc(C)c2)c1=O. The quantitative estimate of drug-likeness (QED) is 0.812. The Morgan fingerprint density at radius 2 is 1.92 bits per heavy atom. The first-order chi connectivity index (χ1) is 11.9. The van der Waals surface area contributed by atoms with Crippen molar-refractivity contribution < 1.29 is 9.90 Å². The topological polar surface area (TPSA) is 71.3 Å². The van der Waals surface area contributed by atoms with Crippen molar-refractivity contribution in [2.45, 2.75) is 45.8 Å². The van der Waals surface area contributed by atoms with Gasteiger partial charge in [0.15, 0.2) is 0 Å². The summed E-state index contributed by atoms with van der Waals surface area (Å²) < 4.78 is 1.52. The van der Waals surface area contributed by atoms with E-state index in [0.717, 1.165) is 11.1 Å². The van der Waals surface area contributed by atoms with Crippen LogP contribution in [0.1, 0.15) is 48.2 Å².